The van der Waals surface area contributed by atoms with E-state index in [0.717, 1.165) is 18.4 Å². The van der Waals surface area contributed by atoms with Crippen molar-refractivity contribution >= 4 is 5.91 Å². The van der Waals surface area contributed by atoms with Crippen molar-refractivity contribution in [3.05, 3.63) is 52.8 Å². The Morgan fingerprint density at radius 1 is 1.23 bits per heavy atom. The predicted molar refractivity (Wildman–Crippen MR) is 102 cm³/mol. The summed E-state index contributed by atoms with van der Waals surface area (Å²) in [5.74, 6) is 0.0350. The number of carbonyl (C=O) groups excluding carboxylic acids is 1. The Bertz CT molecular complexity index is 777. The molecule has 0 bridgehead atoms. The average Bonchev–Trinajstić information content (AvgIpc) is 3.30. The van der Waals surface area contributed by atoms with Crippen LogP contribution in [0.15, 0.2) is 30.3 Å². The second-order valence-electron chi connectivity index (χ2n) is 7.68. The molecule has 5 nitrogen and oxygen atoms in total. The van der Waals surface area contributed by atoms with Crippen LogP contribution < -0.4 is 0 Å². The molecule has 1 aliphatic carbocycles. The fraction of sp³-hybridized carbons (Fsp3) is 0.524. The normalized spacial score (nSPS) is 20.2. The fourth-order valence-corrected chi connectivity index (χ4v) is 4.47. The quantitative estimate of drug-likeness (QED) is 0.849. The zero-order chi connectivity index (χ0) is 18.1. The summed E-state index contributed by atoms with van der Waals surface area (Å²) >= 11 is 0. The lowest BCUT2D eigenvalue weighted by Gasteiger charge is -2.31. The highest BCUT2D eigenvalue weighted by Gasteiger charge is 2.32. The van der Waals surface area contributed by atoms with Crippen LogP contribution in [0.2, 0.25) is 0 Å². The fourth-order valence-electron chi connectivity index (χ4n) is 4.47. The smallest absolute Gasteiger partial charge is 0.274 e. The van der Waals surface area contributed by atoms with Crippen LogP contribution in [-0.2, 0) is 26.4 Å². The highest BCUT2D eigenvalue weighted by molar-refractivity contribution is 5.94. The second-order valence-corrected chi connectivity index (χ2v) is 7.68. The molecule has 26 heavy (non-hydrogen) atoms. The van der Waals surface area contributed by atoms with E-state index in [2.05, 4.69) is 22.1 Å². The number of rotatable bonds is 4. The van der Waals surface area contributed by atoms with Crippen molar-refractivity contribution in [3.63, 3.8) is 0 Å². The average molecular weight is 352 g/mol. The summed E-state index contributed by atoms with van der Waals surface area (Å²) in [4.78, 5) is 17.5. The summed E-state index contributed by atoms with van der Waals surface area (Å²) < 4.78 is 1.93. The molecule has 0 spiro atoms. The lowest BCUT2D eigenvalue weighted by molar-refractivity contribution is 0.0776. The number of carbonyl (C=O) groups is 1. The Hall–Kier alpha value is -2.14. The van der Waals surface area contributed by atoms with Crippen molar-refractivity contribution < 1.29 is 4.79 Å². The van der Waals surface area contributed by atoms with E-state index in [9.17, 15) is 4.79 Å². The molecular weight excluding hydrogens is 324 g/mol. The lowest BCUT2D eigenvalue weighted by atomic mass is 9.90. The summed E-state index contributed by atoms with van der Waals surface area (Å²) in [7, 11) is 3.85. The first kappa shape index (κ1) is 17.3. The Labute approximate surface area is 155 Å². The summed E-state index contributed by atoms with van der Waals surface area (Å²) in [5, 5.41) is 4.62. The molecule has 1 atom stereocenters. The van der Waals surface area contributed by atoms with Crippen LogP contribution in [0, 0.1) is 0 Å². The Morgan fingerprint density at radius 2 is 1.96 bits per heavy atom. The number of hydrogen-bond acceptors (Lipinski definition) is 3. The number of likely N-dealkylation sites (tertiary alicyclic amines) is 1. The SMILES string of the molecule is CN(Cc1ccccc1)C(=O)c1nn(C)c2c1CC(N1CCCC1)CC2. The van der Waals surface area contributed by atoms with Crippen molar-refractivity contribution in [1.82, 2.24) is 19.6 Å². The number of aryl methyl sites for hydroxylation is 1. The van der Waals surface area contributed by atoms with Crippen molar-refractivity contribution in [2.75, 3.05) is 20.1 Å². The number of benzene rings is 1. The predicted octanol–water partition coefficient (Wildman–Crippen LogP) is 2.65. The molecule has 1 aromatic carbocycles. The van der Waals surface area contributed by atoms with Crippen LogP contribution in [-0.4, -0.2) is 51.7 Å². The Morgan fingerprint density at radius 3 is 2.69 bits per heavy atom. The minimum absolute atomic E-state index is 0.0350. The molecule has 2 heterocycles. The molecule has 1 aromatic heterocycles. The molecule has 138 valence electrons. The van der Waals surface area contributed by atoms with Gasteiger partial charge in [-0.05, 0) is 50.8 Å². The summed E-state index contributed by atoms with van der Waals surface area (Å²) in [6.45, 7) is 3.02. The standard InChI is InChI=1S/C21H28N4O/c1-23(15-16-8-4-3-5-9-16)21(26)20-18-14-17(25-12-6-7-13-25)10-11-19(18)24(2)22-20/h3-5,8-9,17H,6-7,10-15H2,1-2H3. The zero-order valence-corrected chi connectivity index (χ0v) is 15.8. The molecule has 0 radical (unpaired) electrons. The molecular formula is C21H28N4O. The van der Waals surface area contributed by atoms with Crippen LogP contribution in [0.3, 0.4) is 0 Å². The molecule has 0 N–H and O–H groups in total. The number of fused-ring (bicyclic) bond motifs is 1. The van der Waals surface area contributed by atoms with Crippen LogP contribution in [0.4, 0.5) is 0 Å². The Kier molecular flexibility index (Phi) is 4.81. The molecule has 1 amide bonds. The van der Waals surface area contributed by atoms with Crippen molar-refractivity contribution in [1.29, 1.82) is 0 Å². The van der Waals surface area contributed by atoms with Crippen LogP contribution in [0.25, 0.3) is 0 Å². The van der Waals surface area contributed by atoms with Gasteiger partial charge in [-0.25, -0.2) is 0 Å². The number of hydrogen-bond donors (Lipinski definition) is 0. The van der Waals surface area contributed by atoms with E-state index in [1.165, 1.54) is 43.6 Å². The third kappa shape index (κ3) is 3.28. The lowest BCUT2D eigenvalue weighted by Crippen LogP contribution is -2.38. The maximum atomic E-state index is 13.1. The number of amides is 1. The molecule has 4 rings (SSSR count). The van der Waals surface area contributed by atoms with Gasteiger partial charge in [0.25, 0.3) is 5.91 Å². The molecule has 1 unspecified atom stereocenters. The van der Waals surface area contributed by atoms with Gasteiger partial charge in [0, 0.05) is 37.9 Å². The van der Waals surface area contributed by atoms with E-state index < -0.39 is 0 Å². The van der Waals surface area contributed by atoms with Gasteiger partial charge in [0.2, 0.25) is 0 Å². The maximum Gasteiger partial charge on any atom is 0.274 e. The first-order chi connectivity index (χ1) is 12.6. The van der Waals surface area contributed by atoms with Crippen molar-refractivity contribution in [2.24, 2.45) is 7.05 Å². The van der Waals surface area contributed by atoms with Gasteiger partial charge in [-0.3, -0.25) is 9.48 Å². The summed E-state index contributed by atoms with van der Waals surface area (Å²) in [6, 6.07) is 10.7. The van der Waals surface area contributed by atoms with Gasteiger partial charge in [0.15, 0.2) is 5.69 Å². The van der Waals surface area contributed by atoms with Gasteiger partial charge in [0.05, 0.1) is 0 Å². The molecule has 2 aromatic rings. The van der Waals surface area contributed by atoms with Gasteiger partial charge in [0.1, 0.15) is 0 Å². The molecule has 1 saturated heterocycles. The number of aromatic nitrogens is 2. The molecule has 5 heteroatoms. The van der Waals surface area contributed by atoms with Crippen LogP contribution in [0.1, 0.15) is 46.6 Å². The highest BCUT2D eigenvalue weighted by atomic mass is 16.2. The topological polar surface area (TPSA) is 41.4 Å². The van der Waals surface area contributed by atoms with E-state index >= 15 is 0 Å². The van der Waals surface area contributed by atoms with Crippen molar-refractivity contribution in [2.45, 2.75) is 44.7 Å². The summed E-state index contributed by atoms with van der Waals surface area (Å²) in [6.07, 6.45) is 5.78. The molecule has 1 fully saturated rings. The molecule has 1 aliphatic heterocycles. The third-order valence-corrected chi connectivity index (χ3v) is 5.90. The van der Waals surface area contributed by atoms with Crippen LogP contribution >= 0.6 is 0 Å². The Balaban J connectivity index is 1.54. The van der Waals surface area contributed by atoms with E-state index in [4.69, 9.17) is 0 Å². The largest absolute Gasteiger partial charge is 0.336 e. The maximum absolute atomic E-state index is 13.1. The van der Waals surface area contributed by atoms with Crippen molar-refractivity contribution in [3.8, 4) is 0 Å². The first-order valence-corrected chi connectivity index (χ1v) is 9.71. The summed E-state index contributed by atoms with van der Waals surface area (Å²) in [5.41, 5.74) is 4.23. The molecule has 2 aliphatic rings. The van der Waals surface area contributed by atoms with Gasteiger partial charge in [-0.1, -0.05) is 30.3 Å². The zero-order valence-electron chi connectivity index (χ0n) is 15.8. The first-order valence-electron chi connectivity index (χ1n) is 9.71. The van der Waals surface area contributed by atoms with Gasteiger partial charge < -0.3 is 9.80 Å². The minimum Gasteiger partial charge on any atom is -0.336 e. The second kappa shape index (κ2) is 7.23. The minimum atomic E-state index is 0.0350. The van der Waals surface area contributed by atoms with Gasteiger partial charge in [-0.15, -0.1) is 0 Å². The molecule has 0 saturated carbocycles. The van der Waals surface area contributed by atoms with E-state index in [1.807, 2.05) is 37.0 Å². The van der Waals surface area contributed by atoms with E-state index in [1.54, 1.807) is 4.90 Å². The van der Waals surface area contributed by atoms with E-state index in [-0.39, 0.29) is 5.91 Å². The van der Waals surface area contributed by atoms with Gasteiger partial charge in [-0.2, -0.15) is 5.10 Å². The third-order valence-electron chi connectivity index (χ3n) is 5.90. The van der Waals surface area contributed by atoms with E-state index in [0.29, 0.717) is 18.3 Å². The number of nitrogens with zero attached hydrogens (tertiary/aromatic N) is 4. The van der Waals surface area contributed by atoms with Gasteiger partial charge >= 0.3 is 0 Å². The highest BCUT2D eigenvalue weighted by Crippen LogP contribution is 2.29. The monoisotopic (exact) mass is 352 g/mol. The van der Waals surface area contributed by atoms with Crippen LogP contribution in [0.5, 0.6) is 0 Å².